The summed E-state index contributed by atoms with van der Waals surface area (Å²) in [6.45, 7) is 3.50. The average molecular weight is 136 g/mol. The maximum Gasteiger partial charge on any atom is 0.220 e. The molecule has 0 aromatic heterocycles. The molecule has 2 nitrogen and oxygen atoms in total. The quantitative estimate of drug-likeness (QED) is 0.446. The summed E-state index contributed by atoms with van der Waals surface area (Å²) in [6.07, 6.45) is 0.497. The minimum Gasteiger partial charge on any atom is -0.340 e. The maximum absolute atomic E-state index is 10.4. The predicted molar refractivity (Wildman–Crippen MR) is 33.7 cm³/mol. The second-order valence-corrected chi connectivity index (χ2v) is 2.19. The zero-order chi connectivity index (χ0) is 6.57. The Bertz CT molecular complexity index is 82.5. The topological polar surface area (TPSA) is 29.1 Å². The summed E-state index contributed by atoms with van der Waals surface area (Å²) in [6, 6.07) is 0. The normalized spacial score (nSPS) is 12.9. The van der Waals surface area contributed by atoms with Crippen molar-refractivity contribution in [1.82, 2.24) is 5.32 Å². The molecule has 0 aliphatic carbocycles. The minimum absolute atomic E-state index is 0.00694. The molecule has 1 atom stereocenters. The van der Waals surface area contributed by atoms with Crippen molar-refractivity contribution < 1.29 is 4.79 Å². The second kappa shape index (κ2) is 3.72. The fourth-order valence-corrected chi connectivity index (χ4v) is 0.446. The molecule has 1 amide bonds. The number of halogens is 1. The fraction of sp³-hybridized carbons (Fsp3) is 0.800. The summed E-state index contributed by atoms with van der Waals surface area (Å²) in [5.74, 6) is -0.00694. The van der Waals surface area contributed by atoms with Gasteiger partial charge in [0, 0.05) is 6.42 Å². The van der Waals surface area contributed by atoms with E-state index in [0.717, 1.165) is 0 Å². The predicted octanol–water partition coefficient (Wildman–Crippen LogP) is 1.10. The number of rotatable bonds is 2. The van der Waals surface area contributed by atoms with Crippen molar-refractivity contribution in [3.05, 3.63) is 0 Å². The van der Waals surface area contributed by atoms with E-state index in [1.807, 2.05) is 0 Å². The first kappa shape index (κ1) is 7.76. The summed E-state index contributed by atoms with van der Waals surface area (Å²) in [4.78, 5) is 10.4. The molecule has 0 spiro atoms. The highest BCUT2D eigenvalue weighted by Crippen LogP contribution is 1.87. The van der Waals surface area contributed by atoms with Gasteiger partial charge in [0.05, 0.1) is 0 Å². The van der Waals surface area contributed by atoms with E-state index < -0.39 is 0 Å². The lowest BCUT2D eigenvalue weighted by molar-refractivity contribution is -0.120. The summed E-state index contributed by atoms with van der Waals surface area (Å²) in [5.41, 5.74) is -0.248. The first-order valence-corrected chi connectivity index (χ1v) is 3.04. The van der Waals surface area contributed by atoms with Crippen LogP contribution in [0.4, 0.5) is 0 Å². The summed E-state index contributed by atoms with van der Waals surface area (Å²) >= 11 is 5.42. The zero-order valence-electron chi connectivity index (χ0n) is 5.07. The van der Waals surface area contributed by atoms with Gasteiger partial charge < -0.3 is 5.32 Å². The van der Waals surface area contributed by atoms with Crippen molar-refractivity contribution in [2.75, 3.05) is 0 Å². The molecule has 0 saturated carbocycles. The van der Waals surface area contributed by atoms with Crippen LogP contribution in [0.25, 0.3) is 0 Å². The largest absolute Gasteiger partial charge is 0.340 e. The van der Waals surface area contributed by atoms with Crippen LogP contribution in [0.1, 0.15) is 20.3 Å². The Morgan fingerprint density at radius 3 is 2.50 bits per heavy atom. The Morgan fingerprint density at radius 1 is 1.88 bits per heavy atom. The standard InChI is InChI=1S/C5H10ClNO/c1-3-5(8)7-4(2)6/h4H,3H2,1-2H3,(H,7,8). The summed E-state index contributed by atoms with van der Waals surface area (Å²) in [7, 11) is 0. The first-order valence-electron chi connectivity index (χ1n) is 2.60. The Hall–Kier alpha value is -0.240. The number of hydrogen-bond donors (Lipinski definition) is 1. The Balaban J connectivity index is 3.25. The molecule has 8 heavy (non-hydrogen) atoms. The second-order valence-electron chi connectivity index (χ2n) is 1.54. The van der Waals surface area contributed by atoms with E-state index in [0.29, 0.717) is 6.42 Å². The SMILES string of the molecule is CCC(=O)NC(C)Cl. The molecule has 1 N–H and O–H groups in total. The van der Waals surface area contributed by atoms with E-state index >= 15 is 0 Å². The van der Waals surface area contributed by atoms with Gasteiger partial charge in [-0.05, 0) is 6.92 Å². The highest BCUT2D eigenvalue weighted by Gasteiger charge is 1.98. The van der Waals surface area contributed by atoms with Crippen LogP contribution in [-0.4, -0.2) is 11.4 Å². The average Bonchev–Trinajstić information content (AvgIpc) is 1.65. The highest BCUT2D eigenvalue weighted by molar-refractivity contribution is 6.21. The highest BCUT2D eigenvalue weighted by atomic mass is 35.5. The Morgan fingerprint density at radius 2 is 2.38 bits per heavy atom. The summed E-state index contributed by atoms with van der Waals surface area (Å²) in [5, 5.41) is 2.52. The van der Waals surface area contributed by atoms with Gasteiger partial charge in [-0.2, -0.15) is 0 Å². The zero-order valence-corrected chi connectivity index (χ0v) is 5.83. The lowest BCUT2D eigenvalue weighted by Gasteiger charge is -2.02. The van der Waals surface area contributed by atoms with Crippen molar-refractivity contribution in [3.63, 3.8) is 0 Å². The number of hydrogen-bond acceptors (Lipinski definition) is 1. The Labute approximate surface area is 54.2 Å². The van der Waals surface area contributed by atoms with Gasteiger partial charge in [0.15, 0.2) is 0 Å². The van der Waals surface area contributed by atoms with Gasteiger partial charge in [-0.15, -0.1) is 0 Å². The molecule has 1 unspecified atom stereocenters. The third-order valence-corrected chi connectivity index (χ3v) is 0.790. The fourth-order valence-electron chi connectivity index (χ4n) is 0.324. The lowest BCUT2D eigenvalue weighted by atomic mass is 10.4. The molecule has 3 heteroatoms. The van der Waals surface area contributed by atoms with E-state index in [-0.39, 0.29) is 11.4 Å². The molecule has 0 aromatic rings. The van der Waals surface area contributed by atoms with E-state index in [1.165, 1.54) is 0 Å². The third kappa shape index (κ3) is 3.93. The van der Waals surface area contributed by atoms with Gasteiger partial charge in [0.25, 0.3) is 0 Å². The molecule has 0 radical (unpaired) electrons. The van der Waals surface area contributed by atoms with Crippen molar-refractivity contribution in [2.24, 2.45) is 0 Å². The van der Waals surface area contributed by atoms with Crippen LogP contribution in [0.3, 0.4) is 0 Å². The van der Waals surface area contributed by atoms with Gasteiger partial charge in [0.1, 0.15) is 5.50 Å². The smallest absolute Gasteiger partial charge is 0.220 e. The van der Waals surface area contributed by atoms with Crippen molar-refractivity contribution in [3.8, 4) is 0 Å². The van der Waals surface area contributed by atoms with Gasteiger partial charge in [-0.25, -0.2) is 0 Å². The van der Waals surface area contributed by atoms with E-state index in [1.54, 1.807) is 13.8 Å². The van der Waals surface area contributed by atoms with E-state index in [9.17, 15) is 4.79 Å². The summed E-state index contributed by atoms with van der Waals surface area (Å²) < 4.78 is 0. The van der Waals surface area contributed by atoms with Crippen LogP contribution in [0, 0.1) is 0 Å². The monoisotopic (exact) mass is 135 g/mol. The molecule has 0 aromatic carbocycles. The molecular formula is C5H10ClNO. The molecular weight excluding hydrogens is 126 g/mol. The minimum atomic E-state index is -0.248. The third-order valence-electron chi connectivity index (χ3n) is 0.681. The van der Waals surface area contributed by atoms with Crippen LogP contribution in [-0.2, 0) is 4.79 Å². The van der Waals surface area contributed by atoms with E-state index in [2.05, 4.69) is 5.32 Å². The number of carbonyl (C=O) groups is 1. The molecule has 0 bridgehead atoms. The van der Waals surface area contributed by atoms with Crippen LogP contribution in [0.2, 0.25) is 0 Å². The number of carbonyl (C=O) groups excluding carboxylic acids is 1. The molecule has 0 rings (SSSR count). The Kier molecular flexibility index (Phi) is 3.61. The molecule has 0 saturated heterocycles. The van der Waals surface area contributed by atoms with Crippen molar-refractivity contribution >= 4 is 17.5 Å². The van der Waals surface area contributed by atoms with Crippen LogP contribution in [0.15, 0.2) is 0 Å². The van der Waals surface area contributed by atoms with Crippen LogP contribution in [0.5, 0.6) is 0 Å². The van der Waals surface area contributed by atoms with Gasteiger partial charge in [-0.3, -0.25) is 4.79 Å². The van der Waals surface area contributed by atoms with Crippen molar-refractivity contribution in [2.45, 2.75) is 25.8 Å². The van der Waals surface area contributed by atoms with E-state index in [4.69, 9.17) is 11.6 Å². The maximum atomic E-state index is 10.4. The van der Waals surface area contributed by atoms with Gasteiger partial charge >= 0.3 is 0 Å². The van der Waals surface area contributed by atoms with Crippen LogP contribution >= 0.6 is 11.6 Å². The molecule has 0 aliphatic heterocycles. The number of nitrogens with one attached hydrogen (secondary N) is 1. The molecule has 0 fully saturated rings. The molecule has 0 heterocycles. The molecule has 48 valence electrons. The van der Waals surface area contributed by atoms with Crippen LogP contribution < -0.4 is 5.32 Å². The number of amides is 1. The number of alkyl halides is 1. The molecule has 0 aliphatic rings. The van der Waals surface area contributed by atoms with Gasteiger partial charge in [-0.1, -0.05) is 18.5 Å². The van der Waals surface area contributed by atoms with Gasteiger partial charge in [0.2, 0.25) is 5.91 Å². The first-order chi connectivity index (χ1) is 3.66. The lowest BCUT2D eigenvalue weighted by Crippen LogP contribution is -2.27. The van der Waals surface area contributed by atoms with Crippen molar-refractivity contribution in [1.29, 1.82) is 0 Å².